The van der Waals surface area contributed by atoms with Crippen molar-refractivity contribution < 1.29 is 9.72 Å². The summed E-state index contributed by atoms with van der Waals surface area (Å²) in [5.74, 6) is 0.228. The van der Waals surface area contributed by atoms with Crippen molar-refractivity contribution in [3.8, 4) is 0 Å². The second kappa shape index (κ2) is 5.46. The molecular formula is C10H11ClN2O3. The zero-order valence-electron chi connectivity index (χ0n) is 8.48. The minimum Gasteiger partial charge on any atom is -0.393 e. The van der Waals surface area contributed by atoms with E-state index in [0.29, 0.717) is 17.9 Å². The lowest BCUT2D eigenvalue weighted by molar-refractivity contribution is -0.383. The lowest BCUT2D eigenvalue weighted by Crippen LogP contribution is -2.02. The molecule has 0 amide bonds. The van der Waals surface area contributed by atoms with Crippen LogP contribution in [0.25, 0.3) is 0 Å². The molecule has 0 bridgehead atoms. The third-order valence-corrected chi connectivity index (χ3v) is 2.35. The van der Waals surface area contributed by atoms with Crippen LogP contribution in [0.15, 0.2) is 18.2 Å². The third-order valence-electron chi connectivity index (χ3n) is 2.09. The first kappa shape index (κ1) is 12.4. The van der Waals surface area contributed by atoms with Crippen LogP contribution >= 0.6 is 11.6 Å². The number of nitro benzene ring substituents is 1. The van der Waals surface area contributed by atoms with E-state index in [0.717, 1.165) is 0 Å². The first-order chi connectivity index (χ1) is 7.56. The Kier molecular flexibility index (Phi) is 4.25. The first-order valence-corrected chi connectivity index (χ1v) is 5.22. The molecule has 0 aromatic heterocycles. The fraction of sp³-hybridized carbons (Fsp3) is 0.300. The number of ketones is 1. The molecule has 0 aliphatic carbocycles. The number of alkyl halides is 1. The molecule has 1 aromatic carbocycles. The van der Waals surface area contributed by atoms with Gasteiger partial charge in [0.25, 0.3) is 5.69 Å². The quantitative estimate of drug-likeness (QED) is 0.282. The number of anilines is 1. The number of nitrogens with zero attached hydrogens (tertiary/aromatic N) is 1. The molecule has 0 saturated carbocycles. The van der Waals surface area contributed by atoms with Gasteiger partial charge in [0.05, 0.1) is 4.92 Å². The van der Waals surface area contributed by atoms with E-state index in [1.807, 2.05) is 0 Å². The minimum atomic E-state index is -0.604. The molecule has 6 heteroatoms. The van der Waals surface area contributed by atoms with Crippen LogP contribution in [0.1, 0.15) is 23.2 Å². The fourth-order valence-corrected chi connectivity index (χ4v) is 1.38. The molecule has 0 aliphatic rings. The van der Waals surface area contributed by atoms with Crippen molar-refractivity contribution in [1.82, 2.24) is 0 Å². The molecule has 0 spiro atoms. The Bertz CT molecular complexity index is 421. The van der Waals surface area contributed by atoms with Gasteiger partial charge in [-0.1, -0.05) is 0 Å². The standard InChI is InChI=1S/C10H11ClN2O3/c11-5-1-2-10(14)7-3-4-8(12)9(6-7)13(15)16/h3-4,6H,1-2,5,12H2. The first-order valence-electron chi connectivity index (χ1n) is 4.69. The second-order valence-corrected chi connectivity index (χ2v) is 3.62. The monoisotopic (exact) mass is 242 g/mol. The Hall–Kier alpha value is -1.62. The fourth-order valence-electron chi connectivity index (χ4n) is 1.25. The van der Waals surface area contributed by atoms with Crippen molar-refractivity contribution in [3.63, 3.8) is 0 Å². The van der Waals surface area contributed by atoms with Gasteiger partial charge in [0.15, 0.2) is 5.78 Å². The van der Waals surface area contributed by atoms with Crippen molar-refractivity contribution in [2.24, 2.45) is 0 Å². The van der Waals surface area contributed by atoms with Crippen LogP contribution in [0.3, 0.4) is 0 Å². The molecule has 5 nitrogen and oxygen atoms in total. The predicted molar refractivity (Wildman–Crippen MR) is 61.8 cm³/mol. The van der Waals surface area contributed by atoms with E-state index in [9.17, 15) is 14.9 Å². The normalized spacial score (nSPS) is 10.1. The van der Waals surface area contributed by atoms with Crippen molar-refractivity contribution in [2.45, 2.75) is 12.8 Å². The average molecular weight is 243 g/mol. The Morgan fingerprint density at radius 2 is 2.19 bits per heavy atom. The SMILES string of the molecule is Nc1ccc(C(=O)CCCCl)cc1[N+](=O)[O-]. The van der Waals surface area contributed by atoms with Crippen LogP contribution in [0.4, 0.5) is 11.4 Å². The summed E-state index contributed by atoms with van der Waals surface area (Å²) < 4.78 is 0. The maximum atomic E-state index is 11.6. The highest BCUT2D eigenvalue weighted by Crippen LogP contribution is 2.23. The highest BCUT2D eigenvalue weighted by atomic mass is 35.5. The Morgan fingerprint density at radius 3 is 2.75 bits per heavy atom. The summed E-state index contributed by atoms with van der Waals surface area (Å²) in [5.41, 5.74) is 5.53. The maximum absolute atomic E-state index is 11.6. The van der Waals surface area contributed by atoms with E-state index in [4.69, 9.17) is 17.3 Å². The number of nitro groups is 1. The third kappa shape index (κ3) is 2.93. The maximum Gasteiger partial charge on any atom is 0.292 e. The number of halogens is 1. The number of nitrogen functional groups attached to an aromatic ring is 1. The van der Waals surface area contributed by atoms with Crippen molar-refractivity contribution >= 4 is 28.8 Å². The van der Waals surface area contributed by atoms with E-state index in [-0.39, 0.29) is 23.6 Å². The van der Waals surface area contributed by atoms with Gasteiger partial charge in [-0.2, -0.15) is 0 Å². The van der Waals surface area contributed by atoms with Gasteiger partial charge in [-0.3, -0.25) is 14.9 Å². The zero-order valence-corrected chi connectivity index (χ0v) is 9.24. The molecule has 0 atom stereocenters. The topological polar surface area (TPSA) is 86.2 Å². The number of rotatable bonds is 5. The van der Waals surface area contributed by atoms with Gasteiger partial charge in [0.1, 0.15) is 5.69 Å². The Labute approximate surface area is 97.3 Å². The van der Waals surface area contributed by atoms with Crippen LogP contribution in [0.2, 0.25) is 0 Å². The summed E-state index contributed by atoms with van der Waals surface area (Å²) in [6.07, 6.45) is 0.836. The van der Waals surface area contributed by atoms with Crippen LogP contribution in [-0.2, 0) is 0 Å². The Morgan fingerprint density at radius 1 is 1.50 bits per heavy atom. The molecule has 86 valence electrons. The number of benzene rings is 1. The van der Waals surface area contributed by atoms with Gasteiger partial charge in [-0.15, -0.1) is 11.6 Å². The van der Waals surface area contributed by atoms with Gasteiger partial charge in [-0.05, 0) is 18.6 Å². The Balaban J connectivity index is 2.94. The van der Waals surface area contributed by atoms with Crippen molar-refractivity contribution in [1.29, 1.82) is 0 Å². The van der Waals surface area contributed by atoms with Crippen LogP contribution in [0.5, 0.6) is 0 Å². The van der Waals surface area contributed by atoms with E-state index >= 15 is 0 Å². The molecule has 0 saturated heterocycles. The lowest BCUT2D eigenvalue weighted by atomic mass is 10.1. The number of carbonyl (C=O) groups is 1. The molecule has 1 aromatic rings. The smallest absolute Gasteiger partial charge is 0.292 e. The van der Waals surface area contributed by atoms with Crippen LogP contribution in [0, 0.1) is 10.1 Å². The highest BCUT2D eigenvalue weighted by Gasteiger charge is 2.15. The molecule has 0 fully saturated rings. The number of Topliss-reactive ketones (excluding diaryl/α,β-unsaturated/α-hetero) is 1. The second-order valence-electron chi connectivity index (χ2n) is 3.25. The zero-order chi connectivity index (χ0) is 12.1. The number of hydrogen-bond donors (Lipinski definition) is 1. The summed E-state index contributed by atoms with van der Waals surface area (Å²) in [6.45, 7) is 0. The highest BCUT2D eigenvalue weighted by molar-refractivity contribution is 6.18. The number of hydrogen-bond acceptors (Lipinski definition) is 4. The summed E-state index contributed by atoms with van der Waals surface area (Å²) in [4.78, 5) is 21.6. The lowest BCUT2D eigenvalue weighted by Gasteiger charge is -2.01. The molecule has 0 unspecified atom stereocenters. The van der Waals surface area contributed by atoms with Gasteiger partial charge < -0.3 is 5.73 Å². The molecular weight excluding hydrogens is 232 g/mol. The van der Waals surface area contributed by atoms with Crippen molar-refractivity contribution in [3.05, 3.63) is 33.9 Å². The summed E-state index contributed by atoms with van der Waals surface area (Å²) in [5, 5.41) is 10.6. The molecule has 2 N–H and O–H groups in total. The molecule has 0 heterocycles. The number of carbonyl (C=O) groups excluding carboxylic acids is 1. The summed E-state index contributed by atoms with van der Waals surface area (Å²) in [7, 11) is 0. The molecule has 0 aliphatic heterocycles. The summed E-state index contributed by atoms with van der Waals surface area (Å²) in [6, 6.07) is 4.05. The van der Waals surface area contributed by atoms with Gasteiger partial charge >= 0.3 is 0 Å². The van der Waals surface area contributed by atoms with E-state index in [2.05, 4.69) is 0 Å². The van der Waals surface area contributed by atoms with Crippen LogP contribution in [-0.4, -0.2) is 16.6 Å². The van der Waals surface area contributed by atoms with Gasteiger partial charge in [0, 0.05) is 23.9 Å². The molecule has 1 rings (SSSR count). The van der Waals surface area contributed by atoms with E-state index in [1.54, 1.807) is 0 Å². The number of nitrogens with two attached hydrogens (primary N) is 1. The minimum absolute atomic E-state index is 0.0545. The summed E-state index contributed by atoms with van der Waals surface area (Å²) >= 11 is 5.46. The predicted octanol–water partition coefficient (Wildman–Crippen LogP) is 2.38. The van der Waals surface area contributed by atoms with Gasteiger partial charge in [0.2, 0.25) is 0 Å². The van der Waals surface area contributed by atoms with Gasteiger partial charge in [-0.25, -0.2) is 0 Å². The van der Waals surface area contributed by atoms with E-state index in [1.165, 1.54) is 18.2 Å². The largest absolute Gasteiger partial charge is 0.393 e. The van der Waals surface area contributed by atoms with Crippen molar-refractivity contribution in [2.75, 3.05) is 11.6 Å². The molecule has 16 heavy (non-hydrogen) atoms. The van der Waals surface area contributed by atoms with Crippen LogP contribution < -0.4 is 5.73 Å². The average Bonchev–Trinajstić information content (AvgIpc) is 2.26. The molecule has 0 radical (unpaired) electrons. The van der Waals surface area contributed by atoms with E-state index < -0.39 is 4.92 Å².